The van der Waals surface area contributed by atoms with Crippen LogP contribution in [-0.2, 0) is 14.6 Å². The lowest BCUT2D eigenvalue weighted by atomic mass is 10.2. The van der Waals surface area contributed by atoms with E-state index in [-0.39, 0.29) is 29.0 Å². The van der Waals surface area contributed by atoms with Gasteiger partial charge >= 0.3 is 0 Å². The second kappa shape index (κ2) is 7.40. The van der Waals surface area contributed by atoms with Gasteiger partial charge in [0.25, 0.3) is 0 Å². The number of carbonyl (C=O) groups is 1. The highest BCUT2D eigenvalue weighted by atomic mass is 32.2. The third-order valence-corrected chi connectivity index (χ3v) is 7.73. The summed E-state index contributed by atoms with van der Waals surface area (Å²) in [6.45, 7) is 0.658. The molecule has 7 heteroatoms. The molecule has 0 radical (unpaired) electrons. The first-order valence-electron chi connectivity index (χ1n) is 8.97. The van der Waals surface area contributed by atoms with Gasteiger partial charge in [0.1, 0.15) is 5.01 Å². The molecule has 5 nitrogen and oxygen atoms in total. The Balaban J connectivity index is 1.48. The van der Waals surface area contributed by atoms with Crippen molar-refractivity contribution in [3.63, 3.8) is 0 Å². The van der Waals surface area contributed by atoms with Gasteiger partial charge in [-0.1, -0.05) is 30.3 Å². The quantitative estimate of drug-likeness (QED) is 0.653. The molecule has 0 aliphatic carbocycles. The standard InChI is InChI=1S/C20H20N2O3S2/c23-19(12-14-27(24,25)15-7-2-1-3-8-15)22-13-6-10-17(22)20-21-16-9-4-5-11-18(16)26-20/h1-5,7-9,11,17H,6,10,12-14H2/t17-/m0/s1. The van der Waals surface area contributed by atoms with Crippen molar-refractivity contribution < 1.29 is 13.2 Å². The lowest BCUT2D eigenvalue weighted by Crippen LogP contribution is -2.31. The van der Waals surface area contributed by atoms with E-state index < -0.39 is 9.84 Å². The van der Waals surface area contributed by atoms with Gasteiger partial charge in [0.05, 0.1) is 26.9 Å². The van der Waals surface area contributed by atoms with E-state index in [4.69, 9.17) is 4.98 Å². The smallest absolute Gasteiger partial charge is 0.224 e. The van der Waals surface area contributed by atoms with Crippen LogP contribution >= 0.6 is 11.3 Å². The van der Waals surface area contributed by atoms with Crippen LogP contribution in [0.15, 0.2) is 59.5 Å². The Morgan fingerprint density at radius 1 is 1.11 bits per heavy atom. The number of para-hydroxylation sites is 1. The summed E-state index contributed by atoms with van der Waals surface area (Å²) in [5.74, 6) is -0.282. The third-order valence-electron chi connectivity index (χ3n) is 4.86. The lowest BCUT2D eigenvalue weighted by Gasteiger charge is -2.23. The molecule has 1 aliphatic rings. The average Bonchev–Trinajstić information content (AvgIpc) is 3.33. The highest BCUT2D eigenvalue weighted by Gasteiger charge is 2.32. The molecule has 1 fully saturated rings. The van der Waals surface area contributed by atoms with Crippen LogP contribution in [0.4, 0.5) is 0 Å². The second-order valence-electron chi connectivity index (χ2n) is 6.65. The summed E-state index contributed by atoms with van der Waals surface area (Å²) in [7, 11) is -3.45. The Hall–Kier alpha value is -2.25. The minimum absolute atomic E-state index is 0.00137. The number of carbonyl (C=O) groups excluding carboxylic acids is 1. The summed E-state index contributed by atoms with van der Waals surface area (Å²) >= 11 is 1.61. The molecule has 0 unspecified atom stereocenters. The Morgan fingerprint density at radius 2 is 1.85 bits per heavy atom. The number of benzene rings is 2. The molecule has 1 saturated heterocycles. The van der Waals surface area contributed by atoms with E-state index in [1.54, 1.807) is 46.6 Å². The number of hydrogen-bond acceptors (Lipinski definition) is 5. The molecule has 1 atom stereocenters. The maximum atomic E-state index is 12.8. The normalized spacial score (nSPS) is 17.5. The first-order chi connectivity index (χ1) is 13.0. The molecule has 140 valence electrons. The highest BCUT2D eigenvalue weighted by Crippen LogP contribution is 2.36. The molecule has 1 aromatic heterocycles. The molecule has 4 rings (SSSR count). The van der Waals surface area contributed by atoms with Gasteiger partial charge in [0.15, 0.2) is 9.84 Å². The van der Waals surface area contributed by atoms with Crippen molar-refractivity contribution in [3.05, 3.63) is 59.6 Å². The summed E-state index contributed by atoms with van der Waals surface area (Å²) in [5.41, 5.74) is 0.948. The molecule has 2 heterocycles. The zero-order chi connectivity index (χ0) is 18.9. The minimum atomic E-state index is -3.45. The Kier molecular flexibility index (Phi) is 4.97. The maximum absolute atomic E-state index is 12.8. The Bertz CT molecular complexity index is 1030. The number of hydrogen-bond donors (Lipinski definition) is 0. The van der Waals surface area contributed by atoms with Crippen LogP contribution < -0.4 is 0 Å². The number of rotatable bonds is 5. The van der Waals surface area contributed by atoms with E-state index in [2.05, 4.69) is 0 Å². The maximum Gasteiger partial charge on any atom is 0.224 e. The largest absolute Gasteiger partial charge is 0.333 e. The summed E-state index contributed by atoms with van der Waals surface area (Å²) in [5, 5.41) is 0.938. The van der Waals surface area contributed by atoms with Gasteiger partial charge in [-0.05, 0) is 37.1 Å². The van der Waals surface area contributed by atoms with Crippen LogP contribution in [-0.4, -0.2) is 36.5 Å². The fourth-order valence-corrected chi connectivity index (χ4v) is 5.83. The molecule has 0 N–H and O–H groups in total. The molecule has 27 heavy (non-hydrogen) atoms. The van der Waals surface area contributed by atoms with Crippen LogP contribution in [0.3, 0.4) is 0 Å². The topological polar surface area (TPSA) is 67.3 Å². The predicted octanol–water partition coefficient (Wildman–Crippen LogP) is 3.82. The van der Waals surface area contributed by atoms with Gasteiger partial charge in [-0.2, -0.15) is 0 Å². The number of thiazole rings is 1. The first kappa shape index (κ1) is 18.1. The van der Waals surface area contributed by atoms with Crippen LogP contribution in [0.5, 0.6) is 0 Å². The minimum Gasteiger partial charge on any atom is -0.333 e. The summed E-state index contributed by atoms with van der Waals surface area (Å²) < 4.78 is 26.0. The molecule has 1 aliphatic heterocycles. The van der Waals surface area contributed by atoms with E-state index in [0.717, 1.165) is 28.1 Å². The number of fused-ring (bicyclic) bond motifs is 1. The number of amides is 1. The second-order valence-corrected chi connectivity index (χ2v) is 9.82. The van der Waals surface area contributed by atoms with E-state index in [1.165, 1.54) is 0 Å². The van der Waals surface area contributed by atoms with Crippen molar-refractivity contribution >= 4 is 37.3 Å². The van der Waals surface area contributed by atoms with Crippen LogP contribution in [0, 0.1) is 0 Å². The molecule has 3 aromatic rings. The van der Waals surface area contributed by atoms with Gasteiger partial charge in [-0.3, -0.25) is 4.79 Å². The van der Waals surface area contributed by atoms with Gasteiger partial charge in [-0.25, -0.2) is 13.4 Å². The van der Waals surface area contributed by atoms with Gasteiger partial charge in [0, 0.05) is 13.0 Å². The highest BCUT2D eigenvalue weighted by molar-refractivity contribution is 7.91. The van der Waals surface area contributed by atoms with E-state index in [0.29, 0.717) is 6.54 Å². The number of aromatic nitrogens is 1. The Morgan fingerprint density at radius 3 is 2.63 bits per heavy atom. The van der Waals surface area contributed by atoms with Crippen molar-refractivity contribution in [2.75, 3.05) is 12.3 Å². The summed E-state index contributed by atoms with van der Waals surface area (Å²) in [4.78, 5) is 19.5. The van der Waals surface area contributed by atoms with Crippen molar-refractivity contribution in [2.24, 2.45) is 0 Å². The van der Waals surface area contributed by atoms with Crippen molar-refractivity contribution in [2.45, 2.75) is 30.2 Å². The van der Waals surface area contributed by atoms with Crippen LogP contribution in [0.1, 0.15) is 30.3 Å². The molecule has 1 amide bonds. The van der Waals surface area contributed by atoms with E-state index >= 15 is 0 Å². The number of likely N-dealkylation sites (tertiary alicyclic amines) is 1. The van der Waals surface area contributed by atoms with Crippen molar-refractivity contribution in [1.82, 2.24) is 9.88 Å². The van der Waals surface area contributed by atoms with Gasteiger partial charge in [0.2, 0.25) is 5.91 Å². The Labute approximate surface area is 162 Å². The van der Waals surface area contributed by atoms with Gasteiger partial charge in [-0.15, -0.1) is 11.3 Å². The molecule has 0 saturated carbocycles. The average molecular weight is 401 g/mol. The van der Waals surface area contributed by atoms with Gasteiger partial charge < -0.3 is 4.90 Å². The van der Waals surface area contributed by atoms with Crippen LogP contribution in [0.2, 0.25) is 0 Å². The first-order valence-corrected chi connectivity index (χ1v) is 11.4. The van der Waals surface area contributed by atoms with Crippen LogP contribution in [0.25, 0.3) is 10.2 Å². The molecule has 0 bridgehead atoms. The van der Waals surface area contributed by atoms with Crippen molar-refractivity contribution in [3.8, 4) is 0 Å². The zero-order valence-corrected chi connectivity index (χ0v) is 16.4. The lowest BCUT2D eigenvalue weighted by molar-refractivity contribution is -0.131. The summed E-state index contributed by atoms with van der Waals surface area (Å²) in [6.07, 6.45) is 1.79. The predicted molar refractivity (Wildman–Crippen MR) is 106 cm³/mol. The fourth-order valence-electron chi connectivity index (χ4n) is 3.47. The monoisotopic (exact) mass is 400 g/mol. The summed E-state index contributed by atoms with van der Waals surface area (Å²) in [6, 6.07) is 16.2. The molecule has 2 aromatic carbocycles. The zero-order valence-electron chi connectivity index (χ0n) is 14.7. The molecule has 0 spiro atoms. The van der Waals surface area contributed by atoms with Crippen molar-refractivity contribution in [1.29, 1.82) is 0 Å². The molecular formula is C20H20N2O3S2. The number of sulfone groups is 1. The SMILES string of the molecule is O=C(CCS(=O)(=O)c1ccccc1)N1CCC[C@H]1c1nc2ccccc2s1. The fraction of sp³-hybridized carbons (Fsp3) is 0.300. The third kappa shape index (κ3) is 3.75. The van der Waals surface area contributed by atoms with E-state index in [1.807, 2.05) is 24.3 Å². The molecular weight excluding hydrogens is 380 g/mol. The van der Waals surface area contributed by atoms with E-state index in [9.17, 15) is 13.2 Å². The number of nitrogens with zero attached hydrogens (tertiary/aromatic N) is 2.